The van der Waals surface area contributed by atoms with Gasteiger partial charge in [-0.2, -0.15) is 10.1 Å². The summed E-state index contributed by atoms with van der Waals surface area (Å²) >= 11 is 0. The average molecular weight is 296 g/mol. The van der Waals surface area contributed by atoms with Crippen molar-refractivity contribution in [2.45, 2.75) is 26.9 Å². The molecule has 0 saturated carbocycles. The van der Waals surface area contributed by atoms with Crippen LogP contribution >= 0.6 is 0 Å². The van der Waals surface area contributed by atoms with Crippen molar-refractivity contribution in [3.05, 3.63) is 59.2 Å². The summed E-state index contributed by atoms with van der Waals surface area (Å²) in [5.74, 6) is 0.257. The van der Waals surface area contributed by atoms with E-state index < -0.39 is 0 Å². The van der Waals surface area contributed by atoms with Gasteiger partial charge in [0.05, 0.1) is 6.42 Å². The molecule has 0 aliphatic rings. The monoisotopic (exact) mass is 296 g/mol. The molecule has 0 unspecified atom stereocenters. The fourth-order valence-electron chi connectivity index (χ4n) is 2.34. The van der Waals surface area contributed by atoms with Gasteiger partial charge in [0.25, 0.3) is 5.78 Å². The zero-order valence-corrected chi connectivity index (χ0v) is 12.5. The zero-order chi connectivity index (χ0) is 15.5. The highest BCUT2D eigenvalue weighted by Gasteiger charge is 2.15. The van der Waals surface area contributed by atoms with Crippen molar-refractivity contribution in [3.8, 4) is 0 Å². The first-order valence-electron chi connectivity index (χ1n) is 7.00. The summed E-state index contributed by atoms with van der Waals surface area (Å²) < 4.78 is 6.96. The summed E-state index contributed by atoms with van der Waals surface area (Å²) in [5.41, 5.74) is 3.43. The Bertz CT molecular complexity index is 812. The fourth-order valence-corrected chi connectivity index (χ4v) is 2.34. The van der Waals surface area contributed by atoms with Gasteiger partial charge in [0, 0.05) is 17.0 Å². The Morgan fingerprint density at radius 3 is 2.77 bits per heavy atom. The van der Waals surface area contributed by atoms with Crippen molar-refractivity contribution < 1.29 is 9.53 Å². The smallest absolute Gasteiger partial charge is 0.310 e. The Balaban J connectivity index is 1.74. The number of carbonyl (C=O) groups excluding carboxylic acids is 1. The van der Waals surface area contributed by atoms with E-state index in [2.05, 4.69) is 15.1 Å². The number of aryl methyl sites for hydroxylation is 2. The molecule has 0 spiro atoms. The molecule has 0 atom stereocenters. The number of benzene rings is 1. The summed E-state index contributed by atoms with van der Waals surface area (Å²) in [7, 11) is 0. The number of carbonyl (C=O) groups is 1. The highest BCUT2D eigenvalue weighted by molar-refractivity contribution is 5.73. The third-order valence-electron chi connectivity index (χ3n) is 3.55. The van der Waals surface area contributed by atoms with Crippen LogP contribution in [0.25, 0.3) is 5.78 Å². The molecule has 0 aliphatic carbocycles. The maximum Gasteiger partial charge on any atom is 0.310 e. The quantitative estimate of drug-likeness (QED) is 0.689. The van der Waals surface area contributed by atoms with Crippen LogP contribution in [0.3, 0.4) is 0 Å². The molecular formula is C16H16N4O2. The van der Waals surface area contributed by atoms with E-state index in [1.54, 1.807) is 4.52 Å². The minimum atomic E-state index is -0.281. The number of rotatable bonds is 4. The third kappa shape index (κ3) is 2.81. The van der Waals surface area contributed by atoms with Crippen molar-refractivity contribution >= 4 is 11.7 Å². The van der Waals surface area contributed by atoms with E-state index in [0.29, 0.717) is 5.78 Å². The summed E-state index contributed by atoms with van der Waals surface area (Å²) in [6.45, 7) is 4.04. The topological polar surface area (TPSA) is 69.4 Å². The molecule has 0 amide bonds. The summed E-state index contributed by atoms with van der Waals surface area (Å²) in [5, 5.41) is 4.11. The molecule has 3 aromatic rings. The number of esters is 1. The van der Waals surface area contributed by atoms with Crippen LogP contribution in [-0.4, -0.2) is 25.6 Å². The SMILES string of the molecule is Cc1nc2ncnn2c(C)c1CC(=O)OCc1ccccc1. The second-order valence-corrected chi connectivity index (χ2v) is 5.06. The minimum absolute atomic E-state index is 0.174. The number of ether oxygens (including phenoxy) is 1. The van der Waals surface area contributed by atoms with E-state index >= 15 is 0 Å². The predicted molar refractivity (Wildman–Crippen MR) is 80.2 cm³/mol. The second-order valence-electron chi connectivity index (χ2n) is 5.06. The van der Waals surface area contributed by atoms with Crippen LogP contribution in [0.1, 0.15) is 22.5 Å². The van der Waals surface area contributed by atoms with Gasteiger partial charge in [0.1, 0.15) is 12.9 Å². The number of hydrogen-bond donors (Lipinski definition) is 0. The Kier molecular flexibility index (Phi) is 3.82. The van der Waals surface area contributed by atoms with Gasteiger partial charge in [-0.05, 0) is 19.4 Å². The number of fused-ring (bicyclic) bond motifs is 1. The lowest BCUT2D eigenvalue weighted by atomic mass is 10.1. The molecule has 6 heteroatoms. The fraction of sp³-hybridized carbons (Fsp3) is 0.250. The van der Waals surface area contributed by atoms with E-state index in [1.165, 1.54) is 6.33 Å². The van der Waals surface area contributed by atoms with Crippen LogP contribution in [0.2, 0.25) is 0 Å². The second kappa shape index (κ2) is 5.93. The van der Waals surface area contributed by atoms with Gasteiger partial charge in [0.2, 0.25) is 0 Å². The molecule has 3 rings (SSSR count). The summed E-state index contributed by atoms with van der Waals surface area (Å²) in [4.78, 5) is 20.5. The Morgan fingerprint density at radius 1 is 1.23 bits per heavy atom. The molecule has 0 aliphatic heterocycles. The summed E-state index contributed by atoms with van der Waals surface area (Å²) in [6.07, 6.45) is 1.62. The molecule has 2 aromatic heterocycles. The van der Waals surface area contributed by atoms with Crippen LogP contribution in [0.5, 0.6) is 0 Å². The highest BCUT2D eigenvalue weighted by Crippen LogP contribution is 2.14. The number of hydrogen-bond acceptors (Lipinski definition) is 5. The molecule has 0 N–H and O–H groups in total. The Morgan fingerprint density at radius 2 is 2.00 bits per heavy atom. The van der Waals surface area contributed by atoms with Crippen LogP contribution in [0.15, 0.2) is 36.7 Å². The Labute approximate surface area is 127 Å². The van der Waals surface area contributed by atoms with Gasteiger partial charge in [-0.3, -0.25) is 4.79 Å². The van der Waals surface area contributed by atoms with Gasteiger partial charge in [-0.1, -0.05) is 30.3 Å². The molecule has 6 nitrogen and oxygen atoms in total. The van der Waals surface area contributed by atoms with Gasteiger partial charge in [-0.15, -0.1) is 0 Å². The normalized spacial score (nSPS) is 10.8. The predicted octanol–water partition coefficient (Wildman–Crippen LogP) is 2.03. The lowest BCUT2D eigenvalue weighted by Gasteiger charge is -2.10. The standard InChI is InChI=1S/C16H16N4O2/c1-11-14(12(2)20-16(19-11)17-10-18-20)8-15(21)22-9-13-6-4-3-5-7-13/h3-7,10H,8-9H2,1-2H3. The maximum absolute atomic E-state index is 12.1. The van der Waals surface area contributed by atoms with Crippen LogP contribution in [-0.2, 0) is 22.6 Å². The van der Waals surface area contributed by atoms with E-state index in [0.717, 1.165) is 22.5 Å². The molecular weight excluding hydrogens is 280 g/mol. The first-order chi connectivity index (χ1) is 10.6. The van der Waals surface area contributed by atoms with Crippen molar-refractivity contribution in [1.29, 1.82) is 0 Å². The molecule has 0 bridgehead atoms. The average Bonchev–Trinajstić information content (AvgIpc) is 2.99. The molecule has 0 fully saturated rings. The molecule has 0 saturated heterocycles. The van der Waals surface area contributed by atoms with Crippen LogP contribution < -0.4 is 0 Å². The molecule has 2 heterocycles. The van der Waals surface area contributed by atoms with Crippen molar-refractivity contribution in [2.24, 2.45) is 0 Å². The van der Waals surface area contributed by atoms with Gasteiger partial charge < -0.3 is 4.74 Å². The minimum Gasteiger partial charge on any atom is -0.461 e. The van der Waals surface area contributed by atoms with E-state index in [1.807, 2.05) is 44.2 Å². The van der Waals surface area contributed by atoms with Crippen LogP contribution in [0, 0.1) is 13.8 Å². The van der Waals surface area contributed by atoms with E-state index in [4.69, 9.17) is 4.74 Å². The van der Waals surface area contributed by atoms with Gasteiger partial charge >= 0.3 is 5.97 Å². The third-order valence-corrected chi connectivity index (χ3v) is 3.55. The van der Waals surface area contributed by atoms with E-state index in [-0.39, 0.29) is 19.0 Å². The van der Waals surface area contributed by atoms with Gasteiger partial charge in [0.15, 0.2) is 0 Å². The first kappa shape index (κ1) is 14.2. The number of nitrogens with zero attached hydrogens (tertiary/aromatic N) is 4. The largest absolute Gasteiger partial charge is 0.461 e. The number of aromatic nitrogens is 4. The molecule has 22 heavy (non-hydrogen) atoms. The van der Waals surface area contributed by atoms with Crippen molar-refractivity contribution in [1.82, 2.24) is 19.6 Å². The zero-order valence-electron chi connectivity index (χ0n) is 12.5. The van der Waals surface area contributed by atoms with Crippen LogP contribution in [0.4, 0.5) is 0 Å². The highest BCUT2D eigenvalue weighted by atomic mass is 16.5. The lowest BCUT2D eigenvalue weighted by molar-refractivity contribution is -0.144. The first-order valence-corrected chi connectivity index (χ1v) is 7.00. The summed E-state index contributed by atoms with van der Waals surface area (Å²) in [6, 6.07) is 9.61. The lowest BCUT2D eigenvalue weighted by Crippen LogP contribution is -2.13. The van der Waals surface area contributed by atoms with Crippen molar-refractivity contribution in [2.75, 3.05) is 0 Å². The Hall–Kier alpha value is -2.76. The van der Waals surface area contributed by atoms with Crippen molar-refractivity contribution in [3.63, 3.8) is 0 Å². The molecule has 112 valence electrons. The van der Waals surface area contributed by atoms with Gasteiger partial charge in [-0.25, -0.2) is 9.50 Å². The maximum atomic E-state index is 12.1. The molecule has 0 radical (unpaired) electrons. The molecule has 1 aromatic carbocycles. The van der Waals surface area contributed by atoms with E-state index in [9.17, 15) is 4.79 Å².